The van der Waals surface area contributed by atoms with Gasteiger partial charge in [-0.2, -0.15) is 0 Å². The number of hydrogen-bond acceptors (Lipinski definition) is 2. The summed E-state index contributed by atoms with van der Waals surface area (Å²) in [4.78, 5) is 0. The van der Waals surface area contributed by atoms with E-state index in [0.29, 0.717) is 0 Å². The van der Waals surface area contributed by atoms with Crippen LogP contribution in [0, 0.1) is 0 Å². The van der Waals surface area contributed by atoms with Gasteiger partial charge in [-0.15, -0.1) is 0 Å². The predicted octanol–water partition coefficient (Wildman–Crippen LogP) is 3.59. The second-order valence-electron chi connectivity index (χ2n) is 3.94. The minimum absolute atomic E-state index is 0.0597. The first-order chi connectivity index (χ1) is 8.38. The molecule has 0 aliphatic rings. The molecule has 0 fully saturated rings. The molecule has 1 heterocycles. The van der Waals surface area contributed by atoms with E-state index in [-0.39, 0.29) is 6.61 Å². The molecule has 17 heavy (non-hydrogen) atoms. The zero-order valence-electron chi connectivity index (χ0n) is 9.26. The molecular formula is C15H12O2. The Morgan fingerprint density at radius 2 is 1.82 bits per heavy atom. The number of para-hydroxylation sites is 1. The van der Waals surface area contributed by atoms with Crippen molar-refractivity contribution in [3.05, 3.63) is 54.1 Å². The number of aliphatic hydroxyl groups is 1. The van der Waals surface area contributed by atoms with E-state index in [1.807, 2.05) is 36.4 Å². The molecule has 0 amide bonds. The molecule has 2 heteroatoms. The van der Waals surface area contributed by atoms with Crippen molar-refractivity contribution in [1.29, 1.82) is 0 Å². The highest BCUT2D eigenvalue weighted by molar-refractivity contribution is 6.05. The number of hydrogen-bond donors (Lipinski definition) is 1. The third-order valence-electron chi connectivity index (χ3n) is 2.82. The summed E-state index contributed by atoms with van der Waals surface area (Å²) in [6.45, 7) is 0.0597. The average molecular weight is 224 g/mol. The summed E-state index contributed by atoms with van der Waals surface area (Å²) >= 11 is 0. The SMILES string of the molecule is OCC=Cc1ccc2oc3ccccc3c2c1. The molecule has 1 aromatic heterocycles. The normalized spacial score (nSPS) is 11.8. The fourth-order valence-electron chi connectivity index (χ4n) is 2.04. The molecule has 0 aliphatic carbocycles. The van der Waals surface area contributed by atoms with E-state index in [1.54, 1.807) is 6.08 Å². The molecule has 0 saturated carbocycles. The van der Waals surface area contributed by atoms with Gasteiger partial charge in [0.05, 0.1) is 6.61 Å². The maximum absolute atomic E-state index is 8.77. The lowest BCUT2D eigenvalue weighted by Crippen LogP contribution is -1.74. The van der Waals surface area contributed by atoms with Crippen molar-refractivity contribution in [3.63, 3.8) is 0 Å². The Morgan fingerprint density at radius 3 is 2.71 bits per heavy atom. The minimum Gasteiger partial charge on any atom is -0.456 e. The average Bonchev–Trinajstić information content (AvgIpc) is 2.74. The predicted molar refractivity (Wildman–Crippen MR) is 69.8 cm³/mol. The van der Waals surface area contributed by atoms with Gasteiger partial charge in [0.25, 0.3) is 0 Å². The summed E-state index contributed by atoms with van der Waals surface area (Å²) < 4.78 is 5.74. The van der Waals surface area contributed by atoms with E-state index in [0.717, 1.165) is 27.5 Å². The monoisotopic (exact) mass is 224 g/mol. The molecule has 0 unspecified atom stereocenters. The van der Waals surface area contributed by atoms with Crippen LogP contribution in [0.25, 0.3) is 28.0 Å². The minimum atomic E-state index is 0.0597. The third-order valence-corrected chi connectivity index (χ3v) is 2.82. The van der Waals surface area contributed by atoms with E-state index in [9.17, 15) is 0 Å². The van der Waals surface area contributed by atoms with Gasteiger partial charge in [-0.25, -0.2) is 0 Å². The smallest absolute Gasteiger partial charge is 0.135 e. The Hall–Kier alpha value is -2.06. The molecule has 0 saturated heterocycles. The van der Waals surface area contributed by atoms with Gasteiger partial charge in [0.1, 0.15) is 11.2 Å². The van der Waals surface area contributed by atoms with Crippen LogP contribution in [0.5, 0.6) is 0 Å². The lowest BCUT2D eigenvalue weighted by Gasteiger charge is -1.93. The Bertz CT molecular complexity index is 692. The Labute approximate surface area is 98.8 Å². The highest BCUT2D eigenvalue weighted by Crippen LogP contribution is 2.29. The van der Waals surface area contributed by atoms with E-state index >= 15 is 0 Å². The van der Waals surface area contributed by atoms with Crippen LogP contribution < -0.4 is 0 Å². The second-order valence-corrected chi connectivity index (χ2v) is 3.94. The van der Waals surface area contributed by atoms with Gasteiger partial charge in [0, 0.05) is 10.8 Å². The fraction of sp³-hybridized carbons (Fsp3) is 0.0667. The summed E-state index contributed by atoms with van der Waals surface area (Å²) in [6.07, 6.45) is 3.63. The van der Waals surface area contributed by atoms with Gasteiger partial charge in [0.2, 0.25) is 0 Å². The standard InChI is InChI=1S/C15H12O2/c16-9-3-4-11-7-8-15-13(10-11)12-5-1-2-6-14(12)17-15/h1-8,10,16H,9H2. The van der Waals surface area contributed by atoms with E-state index in [4.69, 9.17) is 9.52 Å². The molecular weight excluding hydrogens is 212 g/mol. The molecule has 0 bridgehead atoms. The van der Waals surface area contributed by atoms with Crippen LogP contribution in [0.3, 0.4) is 0 Å². The lowest BCUT2D eigenvalue weighted by molar-refractivity contribution is 0.343. The molecule has 3 rings (SSSR count). The molecule has 3 aromatic rings. The van der Waals surface area contributed by atoms with Crippen molar-refractivity contribution in [3.8, 4) is 0 Å². The number of rotatable bonds is 2. The van der Waals surface area contributed by atoms with Gasteiger partial charge in [0.15, 0.2) is 0 Å². The molecule has 84 valence electrons. The Kier molecular flexibility index (Phi) is 2.42. The van der Waals surface area contributed by atoms with Gasteiger partial charge < -0.3 is 9.52 Å². The third kappa shape index (κ3) is 1.73. The molecule has 0 spiro atoms. The van der Waals surface area contributed by atoms with E-state index in [1.165, 1.54) is 0 Å². The Balaban J connectivity index is 2.26. The van der Waals surface area contributed by atoms with E-state index in [2.05, 4.69) is 12.1 Å². The summed E-state index contributed by atoms with van der Waals surface area (Å²) in [5.74, 6) is 0. The van der Waals surface area contributed by atoms with Crippen LogP contribution in [-0.4, -0.2) is 11.7 Å². The first-order valence-corrected chi connectivity index (χ1v) is 5.57. The first-order valence-electron chi connectivity index (χ1n) is 5.57. The van der Waals surface area contributed by atoms with Crippen molar-refractivity contribution in [2.24, 2.45) is 0 Å². The molecule has 1 N–H and O–H groups in total. The van der Waals surface area contributed by atoms with Crippen LogP contribution in [-0.2, 0) is 0 Å². The van der Waals surface area contributed by atoms with Crippen LogP contribution in [0.15, 0.2) is 53.0 Å². The Morgan fingerprint density at radius 1 is 1.00 bits per heavy atom. The van der Waals surface area contributed by atoms with Crippen LogP contribution in [0.2, 0.25) is 0 Å². The van der Waals surface area contributed by atoms with Crippen molar-refractivity contribution < 1.29 is 9.52 Å². The van der Waals surface area contributed by atoms with Crippen LogP contribution in [0.1, 0.15) is 5.56 Å². The molecule has 2 aromatic carbocycles. The quantitative estimate of drug-likeness (QED) is 0.721. The summed E-state index contributed by atoms with van der Waals surface area (Å²) in [5.41, 5.74) is 2.87. The van der Waals surface area contributed by atoms with Crippen molar-refractivity contribution >= 4 is 28.0 Å². The molecule has 2 nitrogen and oxygen atoms in total. The summed E-state index contributed by atoms with van der Waals surface area (Å²) in [5, 5.41) is 11.0. The highest BCUT2D eigenvalue weighted by atomic mass is 16.3. The van der Waals surface area contributed by atoms with Crippen LogP contribution in [0.4, 0.5) is 0 Å². The number of aliphatic hydroxyl groups excluding tert-OH is 1. The van der Waals surface area contributed by atoms with Crippen molar-refractivity contribution in [1.82, 2.24) is 0 Å². The largest absolute Gasteiger partial charge is 0.456 e. The number of benzene rings is 2. The molecule has 0 radical (unpaired) electrons. The molecule has 0 atom stereocenters. The van der Waals surface area contributed by atoms with Gasteiger partial charge >= 0.3 is 0 Å². The van der Waals surface area contributed by atoms with E-state index < -0.39 is 0 Å². The van der Waals surface area contributed by atoms with Gasteiger partial charge in [-0.3, -0.25) is 0 Å². The number of furan rings is 1. The highest BCUT2D eigenvalue weighted by Gasteiger charge is 2.05. The molecule has 0 aliphatic heterocycles. The maximum Gasteiger partial charge on any atom is 0.135 e. The van der Waals surface area contributed by atoms with Crippen molar-refractivity contribution in [2.75, 3.05) is 6.61 Å². The zero-order valence-corrected chi connectivity index (χ0v) is 9.26. The topological polar surface area (TPSA) is 33.4 Å². The lowest BCUT2D eigenvalue weighted by atomic mass is 10.1. The van der Waals surface area contributed by atoms with Gasteiger partial charge in [-0.1, -0.05) is 36.4 Å². The van der Waals surface area contributed by atoms with Crippen LogP contribution >= 0.6 is 0 Å². The summed E-state index contributed by atoms with van der Waals surface area (Å²) in [6, 6.07) is 14.0. The van der Waals surface area contributed by atoms with Gasteiger partial charge in [-0.05, 0) is 23.8 Å². The summed E-state index contributed by atoms with van der Waals surface area (Å²) in [7, 11) is 0. The first kappa shape index (κ1) is 10.1. The second kappa shape index (κ2) is 4.07. The van der Waals surface area contributed by atoms with Crippen molar-refractivity contribution in [2.45, 2.75) is 0 Å². The number of fused-ring (bicyclic) bond motifs is 3. The fourth-order valence-corrected chi connectivity index (χ4v) is 2.04. The maximum atomic E-state index is 8.77. The zero-order chi connectivity index (χ0) is 11.7.